The molecule has 2 aliphatic rings. The lowest BCUT2D eigenvalue weighted by molar-refractivity contribution is -0.122. The molecule has 1 aromatic carbocycles. The number of carbonyl (C=O) groups is 2. The van der Waals surface area contributed by atoms with Gasteiger partial charge in [-0.25, -0.2) is 4.39 Å². The van der Waals surface area contributed by atoms with Crippen LogP contribution in [-0.4, -0.2) is 37.2 Å². The van der Waals surface area contributed by atoms with E-state index in [0.717, 1.165) is 4.90 Å². The van der Waals surface area contributed by atoms with E-state index in [1.165, 1.54) is 27.6 Å². The zero-order chi connectivity index (χ0) is 14.4. The highest BCUT2D eigenvalue weighted by Crippen LogP contribution is 2.39. The number of nitrogens with two attached hydrogens (primary N) is 1. The number of nitrogens with zero attached hydrogens (tertiary/aromatic N) is 2. The highest BCUT2D eigenvalue weighted by molar-refractivity contribution is 7.99. The minimum absolute atomic E-state index is 0.0800. The molecule has 3 rings (SSSR count). The molecule has 106 valence electrons. The Balaban J connectivity index is 2.05. The maximum absolute atomic E-state index is 14.2. The third-order valence-electron chi connectivity index (χ3n) is 3.60. The first-order valence-electron chi connectivity index (χ1n) is 6.29. The fourth-order valence-corrected chi connectivity index (χ4v) is 3.35. The van der Waals surface area contributed by atoms with E-state index >= 15 is 0 Å². The van der Waals surface area contributed by atoms with Gasteiger partial charge in [-0.15, -0.1) is 11.8 Å². The number of halogens is 1. The Hall–Kier alpha value is -1.60. The van der Waals surface area contributed by atoms with Crippen LogP contribution in [0.5, 0.6) is 0 Å². The van der Waals surface area contributed by atoms with Crippen molar-refractivity contribution in [3.8, 4) is 0 Å². The quantitative estimate of drug-likeness (QED) is 0.784. The third-order valence-corrected chi connectivity index (χ3v) is 4.76. The van der Waals surface area contributed by atoms with Crippen molar-refractivity contribution in [1.82, 2.24) is 0 Å². The minimum Gasteiger partial charge on any atom is -0.319 e. The van der Waals surface area contributed by atoms with Crippen LogP contribution < -0.4 is 15.5 Å². The zero-order valence-electron chi connectivity index (χ0n) is 10.9. The van der Waals surface area contributed by atoms with Crippen molar-refractivity contribution in [1.29, 1.82) is 0 Å². The molecule has 2 aliphatic heterocycles. The molecule has 1 fully saturated rings. The molecule has 0 radical (unpaired) electrons. The molecule has 2 N–H and O–H groups in total. The average molecular weight is 295 g/mol. The van der Waals surface area contributed by atoms with Crippen molar-refractivity contribution >= 4 is 35.0 Å². The van der Waals surface area contributed by atoms with Gasteiger partial charge in [-0.3, -0.25) is 9.59 Å². The Morgan fingerprint density at radius 1 is 1.35 bits per heavy atom. The highest BCUT2D eigenvalue weighted by Gasteiger charge is 2.31. The fraction of sp³-hybridized carbons (Fsp3) is 0.385. The van der Waals surface area contributed by atoms with E-state index in [4.69, 9.17) is 5.73 Å². The fourth-order valence-electron chi connectivity index (χ4n) is 2.30. The van der Waals surface area contributed by atoms with Crippen LogP contribution in [0.3, 0.4) is 0 Å². The Bertz CT molecular complexity index is 608. The molecule has 1 aromatic rings. The predicted octanol–water partition coefficient (Wildman–Crippen LogP) is 0.958. The molecule has 0 spiro atoms. The molecule has 5 nitrogen and oxygen atoms in total. The van der Waals surface area contributed by atoms with Gasteiger partial charge in [0.2, 0.25) is 11.8 Å². The van der Waals surface area contributed by atoms with Crippen LogP contribution >= 0.6 is 11.8 Å². The molecule has 1 saturated heterocycles. The van der Waals surface area contributed by atoms with Crippen LogP contribution in [0.4, 0.5) is 15.8 Å². The van der Waals surface area contributed by atoms with Gasteiger partial charge in [0.25, 0.3) is 0 Å². The first kappa shape index (κ1) is 13.4. The van der Waals surface area contributed by atoms with Crippen molar-refractivity contribution in [3.63, 3.8) is 0 Å². The van der Waals surface area contributed by atoms with Gasteiger partial charge in [-0.05, 0) is 6.07 Å². The second-order valence-electron chi connectivity index (χ2n) is 4.88. The molecule has 20 heavy (non-hydrogen) atoms. The Labute approximate surface area is 119 Å². The average Bonchev–Trinajstić information content (AvgIpc) is 2.52. The number of hydrogen-bond acceptors (Lipinski definition) is 4. The number of benzene rings is 1. The summed E-state index contributed by atoms with van der Waals surface area (Å²) in [6.45, 7) is 0.535. The van der Waals surface area contributed by atoms with Gasteiger partial charge in [-0.1, -0.05) is 0 Å². The van der Waals surface area contributed by atoms with Crippen LogP contribution in [0.1, 0.15) is 6.42 Å². The van der Waals surface area contributed by atoms with Crippen molar-refractivity contribution in [2.24, 2.45) is 5.73 Å². The Morgan fingerprint density at radius 3 is 2.70 bits per heavy atom. The summed E-state index contributed by atoms with van der Waals surface area (Å²) in [5.41, 5.74) is 6.56. The maximum atomic E-state index is 14.2. The molecule has 1 atom stereocenters. The van der Waals surface area contributed by atoms with E-state index in [1.807, 2.05) is 0 Å². The second kappa shape index (κ2) is 4.75. The van der Waals surface area contributed by atoms with E-state index in [9.17, 15) is 14.0 Å². The molecular formula is C13H14FN3O2S. The summed E-state index contributed by atoms with van der Waals surface area (Å²) in [6, 6.07) is 2.34. The largest absolute Gasteiger partial charge is 0.319 e. The number of fused-ring (bicyclic) bond motifs is 1. The summed E-state index contributed by atoms with van der Waals surface area (Å²) in [5, 5.41) is 0. The van der Waals surface area contributed by atoms with Crippen LogP contribution in [0.15, 0.2) is 17.0 Å². The molecular weight excluding hydrogens is 281 g/mol. The van der Waals surface area contributed by atoms with Gasteiger partial charge in [0.1, 0.15) is 5.82 Å². The lowest BCUT2D eigenvalue weighted by Crippen LogP contribution is -2.44. The molecule has 0 bridgehead atoms. The summed E-state index contributed by atoms with van der Waals surface area (Å²) < 4.78 is 14.2. The Kier molecular flexibility index (Phi) is 3.18. The number of amides is 2. The number of anilines is 2. The molecule has 2 heterocycles. The molecule has 2 amide bonds. The van der Waals surface area contributed by atoms with Crippen LogP contribution in [0.2, 0.25) is 0 Å². The molecule has 0 aliphatic carbocycles. The molecule has 0 unspecified atom stereocenters. The number of hydrogen-bond donors (Lipinski definition) is 1. The summed E-state index contributed by atoms with van der Waals surface area (Å²) >= 11 is 1.41. The lowest BCUT2D eigenvalue weighted by atomic mass is 10.1. The third kappa shape index (κ3) is 1.97. The maximum Gasteiger partial charge on any atom is 0.244 e. The summed E-state index contributed by atoms with van der Waals surface area (Å²) in [5.74, 6) is -0.366. The van der Waals surface area contributed by atoms with E-state index in [-0.39, 0.29) is 17.5 Å². The first-order valence-corrected chi connectivity index (χ1v) is 7.27. The van der Waals surface area contributed by atoms with E-state index in [1.54, 1.807) is 13.1 Å². The first-order chi connectivity index (χ1) is 9.49. The monoisotopic (exact) mass is 295 g/mol. The van der Waals surface area contributed by atoms with Crippen molar-refractivity contribution in [2.45, 2.75) is 17.4 Å². The summed E-state index contributed by atoms with van der Waals surface area (Å²) in [7, 11) is 1.58. The van der Waals surface area contributed by atoms with Crippen LogP contribution in [0, 0.1) is 5.82 Å². The van der Waals surface area contributed by atoms with Gasteiger partial charge in [-0.2, -0.15) is 0 Å². The lowest BCUT2D eigenvalue weighted by Gasteiger charge is -2.31. The Morgan fingerprint density at radius 2 is 2.10 bits per heavy atom. The SMILES string of the molecule is CN1C(=O)[C@@H](N)CSc2cc(N3CCC3=O)c(F)cc21. The highest BCUT2D eigenvalue weighted by atomic mass is 32.2. The number of carbonyl (C=O) groups excluding carboxylic acids is 2. The zero-order valence-corrected chi connectivity index (χ0v) is 11.7. The second-order valence-corrected chi connectivity index (χ2v) is 5.94. The van der Waals surface area contributed by atoms with Crippen molar-refractivity contribution in [3.05, 3.63) is 17.9 Å². The van der Waals surface area contributed by atoms with E-state index in [2.05, 4.69) is 0 Å². The van der Waals surface area contributed by atoms with E-state index in [0.29, 0.717) is 24.4 Å². The van der Waals surface area contributed by atoms with E-state index < -0.39 is 11.9 Å². The topological polar surface area (TPSA) is 66.6 Å². The van der Waals surface area contributed by atoms with Crippen molar-refractivity contribution < 1.29 is 14.0 Å². The predicted molar refractivity (Wildman–Crippen MR) is 75.5 cm³/mol. The summed E-state index contributed by atoms with van der Waals surface area (Å²) in [4.78, 5) is 27.0. The molecule has 7 heteroatoms. The molecule has 0 aromatic heterocycles. The summed E-state index contributed by atoms with van der Waals surface area (Å²) in [6.07, 6.45) is 0.451. The number of rotatable bonds is 1. The van der Waals surface area contributed by atoms with Crippen molar-refractivity contribution in [2.75, 3.05) is 29.1 Å². The molecule has 0 saturated carbocycles. The van der Waals surface area contributed by atoms with Gasteiger partial charge in [0.05, 0.1) is 17.4 Å². The van der Waals surface area contributed by atoms with Crippen LogP contribution in [-0.2, 0) is 9.59 Å². The standard InChI is InChI=1S/C13H14FN3O2S/c1-16-10-4-7(14)9(17-3-2-12(17)18)5-11(10)20-6-8(15)13(16)19/h4-5,8H,2-3,6,15H2,1H3/t8-/m0/s1. The minimum atomic E-state index is -0.602. The number of β-lactam (4-membered cyclic amide) rings is 1. The van der Waals surface area contributed by atoms with Gasteiger partial charge < -0.3 is 15.5 Å². The number of likely N-dealkylation sites (N-methyl/N-ethyl adjacent to an activating group) is 1. The smallest absolute Gasteiger partial charge is 0.244 e. The van der Waals surface area contributed by atoms with Gasteiger partial charge >= 0.3 is 0 Å². The normalized spacial score (nSPS) is 22.4. The number of thioether (sulfide) groups is 1. The van der Waals surface area contributed by atoms with Crippen LogP contribution in [0.25, 0.3) is 0 Å². The van der Waals surface area contributed by atoms with Gasteiger partial charge in [0.15, 0.2) is 0 Å². The van der Waals surface area contributed by atoms with Gasteiger partial charge in [0, 0.05) is 36.7 Å².